The van der Waals surface area contributed by atoms with Gasteiger partial charge < -0.3 is 25.2 Å². The van der Waals surface area contributed by atoms with Crippen molar-refractivity contribution in [1.29, 1.82) is 0 Å². The molecular weight excluding hydrogens is 590 g/mol. The van der Waals surface area contributed by atoms with Crippen LogP contribution in [0.2, 0.25) is 5.02 Å². The molecule has 0 bridgehead atoms. The van der Waals surface area contributed by atoms with Gasteiger partial charge in [-0.1, -0.05) is 18.2 Å². The molecule has 43 heavy (non-hydrogen) atoms. The molecule has 3 aliphatic rings. The van der Waals surface area contributed by atoms with Gasteiger partial charge in [-0.3, -0.25) is 4.79 Å². The summed E-state index contributed by atoms with van der Waals surface area (Å²) in [7, 11) is 1.99. The van der Waals surface area contributed by atoms with E-state index in [1.807, 2.05) is 11.9 Å². The Morgan fingerprint density at radius 2 is 1.95 bits per heavy atom. The monoisotopic (exact) mass is 619 g/mol. The highest BCUT2D eigenvalue weighted by molar-refractivity contribution is 6.34. The summed E-state index contributed by atoms with van der Waals surface area (Å²) in [6.07, 6.45) is -1.64. The molecule has 1 spiro atoms. The maximum atomic E-state index is 16.4. The van der Waals surface area contributed by atoms with Gasteiger partial charge in [0.15, 0.2) is 5.82 Å². The number of pyridine rings is 1. The Morgan fingerprint density at radius 1 is 1.23 bits per heavy atom. The maximum Gasteiger partial charge on any atom is 0.418 e. The topological polar surface area (TPSA) is 101 Å². The molecule has 3 aliphatic heterocycles. The van der Waals surface area contributed by atoms with E-state index in [9.17, 15) is 18.0 Å². The highest BCUT2D eigenvalue weighted by Gasteiger charge is 2.53. The summed E-state index contributed by atoms with van der Waals surface area (Å²) in [6.45, 7) is 8.10. The Balaban J connectivity index is 1.44. The summed E-state index contributed by atoms with van der Waals surface area (Å²) in [5.74, 6) is -1.09. The minimum absolute atomic E-state index is 0.0965. The van der Waals surface area contributed by atoms with E-state index < -0.39 is 28.8 Å². The second kappa shape index (κ2) is 10.5. The number of amides is 1. The first kappa shape index (κ1) is 29.4. The third-order valence-corrected chi connectivity index (χ3v) is 8.86. The number of hydrogen-bond donors (Lipinski definition) is 1. The van der Waals surface area contributed by atoms with Crippen LogP contribution in [0.5, 0.6) is 6.01 Å². The lowest BCUT2D eigenvalue weighted by molar-refractivity contribution is -0.139. The van der Waals surface area contributed by atoms with Gasteiger partial charge in [-0.15, -0.1) is 0 Å². The van der Waals surface area contributed by atoms with Crippen LogP contribution in [0.3, 0.4) is 0 Å². The zero-order valence-electron chi connectivity index (χ0n) is 23.6. The predicted molar refractivity (Wildman–Crippen MR) is 154 cm³/mol. The first-order valence-electron chi connectivity index (χ1n) is 13.8. The van der Waals surface area contributed by atoms with Crippen molar-refractivity contribution in [2.24, 2.45) is 5.41 Å². The number of aryl methyl sites for hydroxylation is 1. The second-order valence-corrected chi connectivity index (χ2v) is 12.1. The number of nitrogens with two attached hydrogens (primary N) is 1. The highest BCUT2D eigenvalue weighted by Crippen LogP contribution is 2.47. The molecule has 1 unspecified atom stereocenters. The molecule has 3 fully saturated rings. The number of carbonyl (C=O) groups excluding carboxylic acids is 1. The highest BCUT2D eigenvalue weighted by atomic mass is 35.5. The van der Waals surface area contributed by atoms with Crippen LogP contribution < -0.4 is 15.4 Å². The van der Waals surface area contributed by atoms with Gasteiger partial charge in [-0.05, 0) is 57.1 Å². The van der Waals surface area contributed by atoms with Crippen molar-refractivity contribution in [3.63, 3.8) is 0 Å². The lowest BCUT2D eigenvalue weighted by atomic mass is 9.72. The molecule has 3 saturated heterocycles. The van der Waals surface area contributed by atoms with E-state index in [1.165, 1.54) is 19.1 Å². The Labute approximate surface area is 250 Å². The van der Waals surface area contributed by atoms with E-state index in [1.54, 1.807) is 4.90 Å². The molecule has 0 radical (unpaired) electrons. The van der Waals surface area contributed by atoms with Crippen LogP contribution in [0, 0.1) is 18.2 Å². The number of nitrogen functional groups attached to an aromatic ring is 1. The van der Waals surface area contributed by atoms with Gasteiger partial charge in [0.25, 0.3) is 0 Å². The van der Waals surface area contributed by atoms with Crippen molar-refractivity contribution in [2.45, 2.75) is 32.0 Å². The summed E-state index contributed by atoms with van der Waals surface area (Å²) < 4.78 is 64.9. The fourth-order valence-corrected chi connectivity index (χ4v) is 6.72. The molecule has 1 atom stereocenters. The van der Waals surface area contributed by atoms with Crippen molar-refractivity contribution in [3.05, 3.63) is 46.8 Å². The Bertz CT molecular complexity index is 1640. The van der Waals surface area contributed by atoms with E-state index in [-0.39, 0.29) is 57.3 Å². The van der Waals surface area contributed by atoms with Crippen molar-refractivity contribution in [3.8, 4) is 17.3 Å². The number of alkyl halides is 3. The van der Waals surface area contributed by atoms with Crippen LogP contribution in [-0.2, 0) is 11.0 Å². The minimum atomic E-state index is -4.85. The summed E-state index contributed by atoms with van der Waals surface area (Å²) >= 11 is 6.52. The fourth-order valence-electron chi connectivity index (χ4n) is 6.44. The first-order chi connectivity index (χ1) is 20.3. The number of ether oxygens (including phenoxy) is 1. The van der Waals surface area contributed by atoms with Crippen molar-refractivity contribution >= 4 is 40.0 Å². The molecule has 6 rings (SSSR count). The van der Waals surface area contributed by atoms with Gasteiger partial charge in [0.05, 0.1) is 21.8 Å². The number of benzene rings is 1. The molecule has 2 N–H and O–H groups in total. The molecule has 3 aromatic rings. The average Bonchev–Trinajstić information content (AvgIpc) is 3.29. The maximum absolute atomic E-state index is 16.4. The number of likely N-dealkylation sites (N-methyl/N-ethyl adjacent to an activating group) is 1. The molecule has 1 amide bonds. The molecular formula is C29H30ClF4N7O2. The van der Waals surface area contributed by atoms with Gasteiger partial charge in [-0.2, -0.15) is 23.1 Å². The molecule has 0 aliphatic carbocycles. The number of anilines is 2. The normalized spacial score (nSPS) is 19.9. The van der Waals surface area contributed by atoms with Gasteiger partial charge in [0.2, 0.25) is 5.91 Å². The second-order valence-electron chi connectivity index (χ2n) is 11.7. The van der Waals surface area contributed by atoms with Crippen LogP contribution in [0.1, 0.15) is 24.0 Å². The van der Waals surface area contributed by atoms with Crippen molar-refractivity contribution in [1.82, 2.24) is 24.8 Å². The number of carbonyl (C=O) groups is 1. The number of hydrogen-bond acceptors (Lipinski definition) is 8. The molecule has 14 heteroatoms. The van der Waals surface area contributed by atoms with E-state index >= 15 is 4.39 Å². The standard InChI is InChI=1S/C29H30ClF4N7O2/c1-4-20(42)40-11-28(12-40)13-41(14-28)26-17-9-18(30)21(25-22(29(32,33)34)15(2)8-19(35)36-25)23(31)24(17)37-27(38-26)43-10-16-6-5-7-39(16)3/h4,8-9,16H,1,5-7,10-14H2,2-3H3,(H2,35,36). The number of nitrogens with zero attached hydrogens (tertiary/aromatic N) is 6. The van der Waals surface area contributed by atoms with Crippen LogP contribution in [-0.4, -0.2) is 83.1 Å². The fraction of sp³-hybridized carbons (Fsp3) is 0.448. The molecule has 0 saturated carbocycles. The molecule has 228 valence electrons. The Morgan fingerprint density at radius 3 is 2.58 bits per heavy atom. The SMILES string of the molecule is C=CC(=O)N1CC2(C1)CN(c1nc(OCC3CCCN3C)nc3c(F)c(-c4nc(N)cc(C)c4C(F)(F)F)c(Cl)cc13)C2. The number of fused-ring (bicyclic) bond motifs is 1. The first-order valence-corrected chi connectivity index (χ1v) is 14.2. The van der Waals surface area contributed by atoms with Gasteiger partial charge in [0, 0.05) is 43.0 Å². The zero-order chi connectivity index (χ0) is 30.8. The van der Waals surface area contributed by atoms with Gasteiger partial charge in [0.1, 0.15) is 23.8 Å². The van der Waals surface area contributed by atoms with Crippen LogP contribution >= 0.6 is 11.6 Å². The van der Waals surface area contributed by atoms with E-state index in [4.69, 9.17) is 22.1 Å². The summed E-state index contributed by atoms with van der Waals surface area (Å²) in [5, 5.41) is -0.0697. The number of rotatable bonds is 6. The van der Waals surface area contributed by atoms with E-state index in [2.05, 4.69) is 26.4 Å². The minimum Gasteiger partial charge on any atom is -0.462 e. The molecule has 5 heterocycles. The van der Waals surface area contributed by atoms with E-state index in [0.29, 0.717) is 32.0 Å². The number of aromatic nitrogens is 3. The summed E-state index contributed by atoms with van der Waals surface area (Å²) in [6, 6.07) is 2.47. The third-order valence-electron chi connectivity index (χ3n) is 8.57. The zero-order valence-corrected chi connectivity index (χ0v) is 24.4. The Kier molecular flexibility index (Phi) is 7.15. The smallest absolute Gasteiger partial charge is 0.418 e. The summed E-state index contributed by atoms with van der Waals surface area (Å²) in [4.78, 5) is 30.5. The van der Waals surface area contributed by atoms with Crippen molar-refractivity contribution < 1.29 is 27.1 Å². The van der Waals surface area contributed by atoms with Crippen LogP contribution in [0.4, 0.5) is 29.2 Å². The number of likely N-dealkylation sites (tertiary alicyclic amines) is 2. The largest absolute Gasteiger partial charge is 0.462 e. The third kappa shape index (κ3) is 5.12. The lowest BCUT2D eigenvalue weighted by Gasteiger charge is -2.60. The van der Waals surface area contributed by atoms with Crippen molar-refractivity contribution in [2.75, 3.05) is 57.0 Å². The van der Waals surface area contributed by atoms with Gasteiger partial charge in [-0.25, -0.2) is 9.37 Å². The van der Waals surface area contributed by atoms with Crippen LogP contribution in [0.15, 0.2) is 24.8 Å². The van der Waals surface area contributed by atoms with E-state index in [0.717, 1.165) is 25.5 Å². The lowest BCUT2D eigenvalue weighted by Crippen LogP contribution is -2.73. The molecule has 1 aromatic carbocycles. The van der Waals surface area contributed by atoms with Gasteiger partial charge >= 0.3 is 12.2 Å². The quantitative estimate of drug-likeness (QED) is 0.313. The predicted octanol–water partition coefficient (Wildman–Crippen LogP) is 4.70. The molecule has 2 aromatic heterocycles. The Hall–Kier alpha value is -3.71. The molecule has 9 nitrogen and oxygen atoms in total. The summed E-state index contributed by atoms with van der Waals surface area (Å²) in [5.41, 5.74) is 2.79. The average molecular weight is 620 g/mol. The van der Waals surface area contributed by atoms with Crippen LogP contribution in [0.25, 0.3) is 22.2 Å². The number of halogens is 5.